The van der Waals surface area contributed by atoms with Gasteiger partial charge in [-0.15, -0.1) is 0 Å². The predicted molar refractivity (Wildman–Crippen MR) is 121 cm³/mol. The molecule has 2 aromatic carbocycles. The number of aryl methyl sites for hydroxylation is 1. The van der Waals surface area contributed by atoms with E-state index in [9.17, 15) is 4.79 Å². The number of nitrogens with zero attached hydrogens (tertiary/aromatic N) is 5. The summed E-state index contributed by atoms with van der Waals surface area (Å²) in [7, 11) is 3.52. The zero-order chi connectivity index (χ0) is 22.1. The molecule has 0 spiro atoms. The number of nitrogens with one attached hydrogen (secondary N) is 1. The molecule has 8 heteroatoms. The van der Waals surface area contributed by atoms with E-state index >= 15 is 0 Å². The molecular formula is C24H22N6O2. The van der Waals surface area contributed by atoms with Crippen molar-refractivity contribution < 1.29 is 9.53 Å². The number of hydrogen-bond acceptors (Lipinski definition) is 5. The molecule has 0 fully saturated rings. The van der Waals surface area contributed by atoms with Gasteiger partial charge in [0.05, 0.1) is 25.3 Å². The Morgan fingerprint density at radius 3 is 2.72 bits per heavy atom. The van der Waals surface area contributed by atoms with Crippen LogP contribution in [0.25, 0.3) is 11.1 Å². The number of fused-ring (bicyclic) bond motifs is 1. The highest BCUT2D eigenvalue weighted by atomic mass is 16.5. The Morgan fingerprint density at radius 1 is 1.19 bits per heavy atom. The number of rotatable bonds is 5. The van der Waals surface area contributed by atoms with E-state index in [1.165, 1.54) is 0 Å². The van der Waals surface area contributed by atoms with E-state index in [-0.39, 0.29) is 5.91 Å². The molecule has 4 aromatic rings. The highest BCUT2D eigenvalue weighted by molar-refractivity contribution is 6.10. The first-order valence-electron chi connectivity index (χ1n) is 10.2. The summed E-state index contributed by atoms with van der Waals surface area (Å²) in [5, 5.41) is 7.22. The Balaban J connectivity index is 1.35. The molecule has 160 valence electrons. The zero-order valence-electron chi connectivity index (χ0n) is 17.8. The summed E-state index contributed by atoms with van der Waals surface area (Å²) in [5.41, 5.74) is 5.37. The second kappa shape index (κ2) is 8.14. The van der Waals surface area contributed by atoms with E-state index in [2.05, 4.69) is 15.4 Å². The van der Waals surface area contributed by atoms with Crippen LogP contribution < -0.4 is 10.1 Å². The van der Waals surface area contributed by atoms with Gasteiger partial charge < -0.3 is 14.6 Å². The Bertz CT molecular complexity index is 1300. The lowest BCUT2D eigenvalue weighted by Crippen LogP contribution is -2.30. The van der Waals surface area contributed by atoms with E-state index < -0.39 is 0 Å². The Labute approximate surface area is 185 Å². The molecule has 0 unspecified atom stereocenters. The van der Waals surface area contributed by atoms with Gasteiger partial charge in [-0.1, -0.05) is 12.1 Å². The molecule has 2 aromatic heterocycles. The number of methoxy groups -OCH3 is 1. The van der Waals surface area contributed by atoms with Gasteiger partial charge in [0, 0.05) is 60.9 Å². The van der Waals surface area contributed by atoms with Crippen LogP contribution in [0.1, 0.15) is 21.5 Å². The van der Waals surface area contributed by atoms with Gasteiger partial charge in [-0.2, -0.15) is 5.10 Å². The van der Waals surface area contributed by atoms with Crippen molar-refractivity contribution >= 4 is 17.4 Å². The SMILES string of the molecule is COc1ccc(-c2cnn(C)c2)c2c1CC(NC(=O)c1ccc(Cn3ccnc3)cc1)=N2. The van der Waals surface area contributed by atoms with Crippen LogP contribution in [0, 0.1) is 0 Å². The van der Waals surface area contributed by atoms with Gasteiger partial charge in [-0.25, -0.2) is 9.98 Å². The number of carbonyl (C=O) groups is 1. The van der Waals surface area contributed by atoms with Crippen molar-refractivity contribution in [1.82, 2.24) is 24.6 Å². The van der Waals surface area contributed by atoms with Gasteiger partial charge in [0.15, 0.2) is 0 Å². The molecule has 8 nitrogen and oxygen atoms in total. The van der Waals surface area contributed by atoms with Crippen LogP contribution in [0.15, 0.2) is 72.5 Å². The first kappa shape index (κ1) is 19.7. The molecule has 1 N–H and O–H groups in total. The smallest absolute Gasteiger partial charge is 0.256 e. The lowest BCUT2D eigenvalue weighted by Gasteiger charge is -2.09. The minimum absolute atomic E-state index is 0.187. The third kappa shape index (κ3) is 3.78. The van der Waals surface area contributed by atoms with E-state index in [1.807, 2.05) is 60.4 Å². The molecule has 0 bridgehead atoms. The van der Waals surface area contributed by atoms with Crippen molar-refractivity contribution in [2.75, 3.05) is 7.11 Å². The second-order valence-corrected chi connectivity index (χ2v) is 7.67. The number of ether oxygens (including phenoxy) is 1. The normalized spacial score (nSPS) is 12.4. The number of amides is 1. The van der Waals surface area contributed by atoms with Gasteiger partial charge in [0.2, 0.25) is 0 Å². The molecule has 32 heavy (non-hydrogen) atoms. The summed E-state index contributed by atoms with van der Waals surface area (Å²) in [6, 6.07) is 11.5. The minimum atomic E-state index is -0.187. The third-order valence-corrected chi connectivity index (χ3v) is 5.46. The number of benzene rings is 2. The molecule has 0 atom stereocenters. The molecule has 1 aliphatic heterocycles. The first-order chi connectivity index (χ1) is 15.6. The van der Waals surface area contributed by atoms with Crippen molar-refractivity contribution in [3.8, 4) is 16.9 Å². The van der Waals surface area contributed by atoms with Crippen LogP contribution in [-0.4, -0.2) is 38.2 Å². The van der Waals surface area contributed by atoms with Crippen molar-refractivity contribution in [1.29, 1.82) is 0 Å². The molecule has 3 heterocycles. The maximum absolute atomic E-state index is 12.8. The summed E-state index contributed by atoms with van der Waals surface area (Å²) in [5.74, 6) is 1.17. The topological polar surface area (TPSA) is 86.3 Å². The monoisotopic (exact) mass is 426 g/mol. The standard InChI is InChI=1S/C24H22N6O2/c1-29-14-18(12-26-29)19-7-8-21(32-2)20-11-22(27-23(19)20)28-24(31)17-5-3-16(4-6-17)13-30-10-9-25-15-30/h3-10,12,14-15H,11,13H2,1-2H3,(H,27,28,31). The van der Waals surface area contributed by atoms with Crippen LogP contribution in [0.2, 0.25) is 0 Å². The highest BCUT2D eigenvalue weighted by Gasteiger charge is 2.24. The van der Waals surface area contributed by atoms with E-state index in [4.69, 9.17) is 9.73 Å². The Kier molecular flexibility index (Phi) is 5.03. The molecule has 1 amide bonds. The van der Waals surface area contributed by atoms with Crippen molar-refractivity contribution in [2.45, 2.75) is 13.0 Å². The fourth-order valence-electron chi connectivity index (χ4n) is 3.87. The predicted octanol–water partition coefficient (Wildman–Crippen LogP) is 3.36. The number of amidine groups is 1. The van der Waals surface area contributed by atoms with Gasteiger partial charge in [-0.05, 0) is 29.8 Å². The summed E-state index contributed by atoms with van der Waals surface area (Å²) in [4.78, 5) is 21.6. The Morgan fingerprint density at radius 2 is 2.03 bits per heavy atom. The summed E-state index contributed by atoms with van der Waals surface area (Å²) >= 11 is 0. The lowest BCUT2D eigenvalue weighted by molar-refractivity contribution is 0.0976. The van der Waals surface area contributed by atoms with Crippen LogP contribution in [-0.2, 0) is 20.0 Å². The number of aromatic nitrogens is 4. The van der Waals surface area contributed by atoms with Crippen LogP contribution in [0.5, 0.6) is 5.75 Å². The van der Waals surface area contributed by atoms with E-state index in [1.54, 1.807) is 30.5 Å². The first-order valence-corrected chi connectivity index (χ1v) is 10.2. The minimum Gasteiger partial charge on any atom is -0.496 e. The number of hydrogen-bond donors (Lipinski definition) is 1. The van der Waals surface area contributed by atoms with Gasteiger partial charge >= 0.3 is 0 Å². The number of carbonyl (C=O) groups excluding carboxylic acids is 1. The highest BCUT2D eigenvalue weighted by Crippen LogP contribution is 2.41. The fourth-order valence-corrected chi connectivity index (χ4v) is 3.87. The molecule has 0 aliphatic carbocycles. The summed E-state index contributed by atoms with van der Waals surface area (Å²) < 4.78 is 9.27. The fraction of sp³-hybridized carbons (Fsp3) is 0.167. The maximum atomic E-state index is 12.8. The lowest BCUT2D eigenvalue weighted by atomic mass is 10.0. The molecule has 5 rings (SSSR count). The molecule has 0 radical (unpaired) electrons. The number of aliphatic imine (C=N–C) groups is 1. The molecule has 1 aliphatic rings. The van der Waals surface area contributed by atoms with E-state index in [0.29, 0.717) is 24.4 Å². The van der Waals surface area contributed by atoms with E-state index in [0.717, 1.165) is 33.7 Å². The summed E-state index contributed by atoms with van der Waals surface area (Å²) in [6.45, 7) is 0.709. The largest absolute Gasteiger partial charge is 0.496 e. The van der Waals surface area contributed by atoms with Gasteiger partial charge in [0.1, 0.15) is 11.6 Å². The van der Waals surface area contributed by atoms with Crippen LogP contribution in [0.3, 0.4) is 0 Å². The molecule has 0 saturated heterocycles. The Hall–Kier alpha value is -4.20. The van der Waals surface area contributed by atoms with Gasteiger partial charge in [-0.3, -0.25) is 9.48 Å². The summed E-state index contributed by atoms with van der Waals surface area (Å²) in [6.07, 6.45) is 9.67. The second-order valence-electron chi connectivity index (χ2n) is 7.67. The van der Waals surface area contributed by atoms with Crippen molar-refractivity contribution in [3.63, 3.8) is 0 Å². The molecular weight excluding hydrogens is 404 g/mol. The van der Waals surface area contributed by atoms with Crippen molar-refractivity contribution in [3.05, 3.63) is 84.2 Å². The van der Waals surface area contributed by atoms with Crippen LogP contribution in [0.4, 0.5) is 5.69 Å². The molecule has 0 saturated carbocycles. The van der Waals surface area contributed by atoms with Crippen LogP contribution >= 0.6 is 0 Å². The van der Waals surface area contributed by atoms with Crippen molar-refractivity contribution in [2.24, 2.45) is 12.0 Å². The number of imidazole rings is 1. The zero-order valence-corrected chi connectivity index (χ0v) is 17.8. The average molecular weight is 426 g/mol. The maximum Gasteiger partial charge on any atom is 0.256 e. The van der Waals surface area contributed by atoms with Gasteiger partial charge in [0.25, 0.3) is 5.91 Å². The third-order valence-electron chi connectivity index (χ3n) is 5.46. The quantitative estimate of drug-likeness (QED) is 0.530. The average Bonchev–Trinajstić information content (AvgIpc) is 3.55.